The summed E-state index contributed by atoms with van der Waals surface area (Å²) in [6.07, 6.45) is 12.6. The number of hydrogen-bond acceptors (Lipinski definition) is 4. The van der Waals surface area contributed by atoms with Crippen molar-refractivity contribution in [2.75, 3.05) is 33.2 Å². The molecule has 6 heteroatoms. The maximum absolute atomic E-state index is 4.42. The Morgan fingerprint density at radius 3 is 2.65 bits per heavy atom. The summed E-state index contributed by atoms with van der Waals surface area (Å²) >= 11 is 1.78. The highest BCUT2D eigenvalue weighted by Gasteiger charge is 2.23. The van der Waals surface area contributed by atoms with Crippen LogP contribution in [-0.4, -0.2) is 55.1 Å². The normalized spacial score (nSPS) is 21.1. The van der Waals surface area contributed by atoms with Gasteiger partial charge in [-0.15, -0.1) is 11.3 Å². The van der Waals surface area contributed by atoms with Crippen LogP contribution in [0.25, 0.3) is 0 Å². The van der Waals surface area contributed by atoms with Crippen LogP contribution < -0.4 is 10.6 Å². The lowest BCUT2D eigenvalue weighted by atomic mass is 9.88. The molecule has 1 aliphatic carbocycles. The number of nitrogens with one attached hydrogen (secondary N) is 2. The predicted molar refractivity (Wildman–Crippen MR) is 111 cm³/mol. The van der Waals surface area contributed by atoms with Gasteiger partial charge in [0.05, 0.1) is 5.01 Å². The van der Waals surface area contributed by atoms with E-state index in [0.29, 0.717) is 6.04 Å². The molecular weight excluding hydrogens is 342 g/mol. The van der Waals surface area contributed by atoms with Crippen molar-refractivity contribution in [3.05, 3.63) is 16.1 Å². The number of aryl methyl sites for hydroxylation is 1. The van der Waals surface area contributed by atoms with E-state index in [1.807, 2.05) is 13.2 Å². The molecule has 0 unspecified atom stereocenters. The van der Waals surface area contributed by atoms with Crippen molar-refractivity contribution in [3.8, 4) is 0 Å². The first-order valence-electron chi connectivity index (χ1n) is 10.3. The van der Waals surface area contributed by atoms with Gasteiger partial charge < -0.3 is 15.5 Å². The molecule has 146 valence electrons. The van der Waals surface area contributed by atoms with Crippen LogP contribution in [-0.2, 0) is 6.42 Å². The minimum Gasteiger partial charge on any atom is -0.356 e. The highest BCUT2D eigenvalue weighted by Crippen LogP contribution is 2.25. The van der Waals surface area contributed by atoms with Crippen LogP contribution in [0, 0.1) is 12.8 Å². The Hall–Kier alpha value is -1.14. The van der Waals surface area contributed by atoms with Gasteiger partial charge in [0.25, 0.3) is 0 Å². The van der Waals surface area contributed by atoms with Gasteiger partial charge in [0.1, 0.15) is 0 Å². The highest BCUT2D eigenvalue weighted by atomic mass is 32.1. The topological polar surface area (TPSA) is 52.6 Å². The molecule has 0 bridgehead atoms. The first-order valence-corrected chi connectivity index (χ1v) is 11.2. The van der Waals surface area contributed by atoms with Gasteiger partial charge in [0.15, 0.2) is 5.96 Å². The van der Waals surface area contributed by atoms with Crippen LogP contribution in [0.1, 0.15) is 54.8 Å². The average Bonchev–Trinajstić information content (AvgIpc) is 3.08. The van der Waals surface area contributed by atoms with Crippen molar-refractivity contribution in [3.63, 3.8) is 0 Å². The lowest BCUT2D eigenvalue weighted by molar-refractivity contribution is 0.160. The number of likely N-dealkylation sites (tertiary alicyclic amines) is 1. The van der Waals surface area contributed by atoms with Crippen molar-refractivity contribution in [2.45, 2.75) is 64.3 Å². The second-order valence-corrected chi connectivity index (χ2v) is 9.16. The van der Waals surface area contributed by atoms with E-state index in [-0.39, 0.29) is 0 Å². The lowest BCUT2D eigenvalue weighted by Gasteiger charge is -2.36. The van der Waals surface area contributed by atoms with Gasteiger partial charge in [-0.05, 0) is 38.5 Å². The van der Waals surface area contributed by atoms with E-state index in [9.17, 15) is 0 Å². The third-order valence-electron chi connectivity index (χ3n) is 5.69. The van der Waals surface area contributed by atoms with E-state index < -0.39 is 0 Å². The second kappa shape index (κ2) is 10.3. The first-order chi connectivity index (χ1) is 12.7. The summed E-state index contributed by atoms with van der Waals surface area (Å²) in [7, 11) is 1.86. The molecule has 1 saturated heterocycles. The molecule has 1 saturated carbocycles. The predicted octanol–water partition coefficient (Wildman–Crippen LogP) is 3.20. The summed E-state index contributed by atoms with van der Waals surface area (Å²) in [6.45, 7) is 6.77. The van der Waals surface area contributed by atoms with E-state index in [2.05, 4.69) is 32.4 Å². The molecule has 3 rings (SSSR count). The van der Waals surface area contributed by atoms with E-state index in [1.165, 1.54) is 74.5 Å². The summed E-state index contributed by atoms with van der Waals surface area (Å²) in [4.78, 5) is 12.8. The largest absolute Gasteiger partial charge is 0.356 e. The molecular formula is C20H35N5S. The third kappa shape index (κ3) is 6.23. The van der Waals surface area contributed by atoms with Crippen molar-refractivity contribution >= 4 is 17.3 Å². The van der Waals surface area contributed by atoms with Crippen molar-refractivity contribution in [1.82, 2.24) is 20.5 Å². The minimum atomic E-state index is 0.547. The molecule has 2 aliphatic rings. The van der Waals surface area contributed by atoms with Crippen molar-refractivity contribution < 1.29 is 0 Å². The third-order valence-corrected chi connectivity index (χ3v) is 6.67. The van der Waals surface area contributed by atoms with Crippen molar-refractivity contribution in [1.29, 1.82) is 0 Å². The highest BCUT2D eigenvalue weighted by molar-refractivity contribution is 7.11. The molecule has 0 aromatic carbocycles. The van der Waals surface area contributed by atoms with Crippen LogP contribution in [0.15, 0.2) is 11.2 Å². The fourth-order valence-electron chi connectivity index (χ4n) is 4.19. The molecule has 2 N–H and O–H groups in total. The molecule has 0 radical (unpaired) electrons. The van der Waals surface area contributed by atoms with Crippen molar-refractivity contribution in [2.24, 2.45) is 10.9 Å². The van der Waals surface area contributed by atoms with Gasteiger partial charge in [0.2, 0.25) is 0 Å². The molecule has 5 nitrogen and oxygen atoms in total. The second-order valence-electron chi connectivity index (χ2n) is 7.84. The minimum absolute atomic E-state index is 0.547. The summed E-state index contributed by atoms with van der Waals surface area (Å²) in [5.41, 5.74) is 0. The maximum atomic E-state index is 4.42. The average molecular weight is 378 g/mol. The zero-order valence-corrected chi connectivity index (χ0v) is 17.3. The van der Waals surface area contributed by atoms with E-state index in [4.69, 9.17) is 0 Å². The SMILES string of the molecule is CN=C(NCCc1ncc(C)s1)NC1CCN(CC2CCCCC2)CC1. The Balaban J connectivity index is 1.33. The Morgan fingerprint density at radius 2 is 2.00 bits per heavy atom. The van der Waals surface area contributed by atoms with E-state index >= 15 is 0 Å². The molecule has 2 heterocycles. The lowest BCUT2D eigenvalue weighted by Crippen LogP contribution is -2.49. The molecule has 26 heavy (non-hydrogen) atoms. The van der Waals surface area contributed by atoms with Gasteiger partial charge >= 0.3 is 0 Å². The first kappa shape index (κ1) is 19.6. The number of hydrogen-bond donors (Lipinski definition) is 2. The van der Waals surface area contributed by atoms with Gasteiger partial charge in [-0.1, -0.05) is 19.3 Å². The number of piperidine rings is 1. The smallest absolute Gasteiger partial charge is 0.191 e. The number of aliphatic imine (C=N–C) groups is 1. The number of thiazole rings is 1. The monoisotopic (exact) mass is 377 g/mol. The van der Waals surface area contributed by atoms with Gasteiger partial charge in [-0.25, -0.2) is 4.98 Å². The Labute approximate surface area is 162 Å². The Kier molecular flexibility index (Phi) is 7.74. The Bertz CT molecular complexity index is 556. The fourth-order valence-corrected chi connectivity index (χ4v) is 4.97. The summed E-state index contributed by atoms with van der Waals surface area (Å²) in [5.74, 6) is 1.89. The zero-order valence-electron chi connectivity index (χ0n) is 16.5. The number of nitrogens with zero attached hydrogens (tertiary/aromatic N) is 3. The molecule has 2 fully saturated rings. The number of rotatable bonds is 6. The molecule has 1 aliphatic heterocycles. The number of guanidine groups is 1. The molecule has 0 atom stereocenters. The maximum Gasteiger partial charge on any atom is 0.191 e. The van der Waals surface area contributed by atoms with Crippen LogP contribution in [0.3, 0.4) is 0 Å². The quantitative estimate of drug-likeness (QED) is 0.590. The summed E-state index contributed by atoms with van der Waals surface area (Å²) in [6, 6.07) is 0.547. The van der Waals surface area contributed by atoms with E-state index in [0.717, 1.165) is 24.8 Å². The van der Waals surface area contributed by atoms with Crippen LogP contribution in [0.4, 0.5) is 0 Å². The van der Waals surface area contributed by atoms with Gasteiger partial charge in [-0.3, -0.25) is 4.99 Å². The molecule has 1 aromatic rings. The van der Waals surface area contributed by atoms with E-state index in [1.54, 1.807) is 11.3 Å². The zero-order chi connectivity index (χ0) is 18.2. The Morgan fingerprint density at radius 1 is 1.23 bits per heavy atom. The fraction of sp³-hybridized carbons (Fsp3) is 0.800. The summed E-state index contributed by atoms with van der Waals surface area (Å²) in [5, 5.41) is 8.26. The number of aromatic nitrogens is 1. The van der Waals surface area contributed by atoms with Gasteiger partial charge in [-0.2, -0.15) is 0 Å². The standard InChI is InChI=1S/C20H35N5S/c1-16-14-23-19(26-16)8-11-22-20(21-2)24-18-9-12-25(13-10-18)15-17-6-4-3-5-7-17/h14,17-18H,3-13,15H2,1-2H3,(H2,21,22,24). The van der Waals surface area contributed by atoms with Crippen LogP contribution >= 0.6 is 11.3 Å². The summed E-state index contributed by atoms with van der Waals surface area (Å²) < 4.78 is 0. The van der Waals surface area contributed by atoms with Gasteiger partial charge in [0, 0.05) is 56.8 Å². The molecule has 1 aromatic heterocycles. The van der Waals surface area contributed by atoms with Crippen LogP contribution in [0.5, 0.6) is 0 Å². The molecule has 0 spiro atoms. The van der Waals surface area contributed by atoms with Crippen LogP contribution in [0.2, 0.25) is 0 Å². The molecule has 0 amide bonds.